The largest absolute Gasteiger partial charge is 0.457 e. The van der Waals surface area contributed by atoms with E-state index in [0.717, 1.165) is 11.6 Å². The summed E-state index contributed by atoms with van der Waals surface area (Å²) in [5.41, 5.74) is 0.747. The van der Waals surface area contributed by atoms with Gasteiger partial charge in [-0.2, -0.15) is 18.2 Å². The number of amidine groups is 1. The minimum atomic E-state index is -4.38. The van der Waals surface area contributed by atoms with Crippen LogP contribution in [0.3, 0.4) is 0 Å². The number of alkyl halides is 3. The maximum atomic E-state index is 13.0. The molecular formula is C25H19ClF3N3O2S. The lowest BCUT2D eigenvalue weighted by molar-refractivity contribution is -0.137. The lowest BCUT2D eigenvalue weighted by atomic mass is 10.1. The number of amides is 1. The summed E-state index contributed by atoms with van der Waals surface area (Å²) in [6.45, 7) is 2.14. The van der Waals surface area contributed by atoms with Crippen molar-refractivity contribution >= 4 is 46.2 Å². The second kappa shape index (κ2) is 9.47. The van der Waals surface area contributed by atoms with Crippen molar-refractivity contribution in [2.24, 2.45) is 4.99 Å². The van der Waals surface area contributed by atoms with E-state index >= 15 is 0 Å². The Hall–Kier alpha value is -3.17. The van der Waals surface area contributed by atoms with Crippen molar-refractivity contribution in [3.8, 4) is 11.3 Å². The number of benzene rings is 2. The van der Waals surface area contributed by atoms with Crippen LogP contribution in [0.4, 0.5) is 18.9 Å². The fourth-order valence-electron chi connectivity index (χ4n) is 3.90. The molecule has 0 aliphatic carbocycles. The zero-order valence-electron chi connectivity index (χ0n) is 18.3. The van der Waals surface area contributed by atoms with Crippen LogP contribution in [0, 0.1) is 0 Å². The number of rotatable bonds is 3. The summed E-state index contributed by atoms with van der Waals surface area (Å²) < 4.78 is 45.0. The quantitative estimate of drug-likeness (QED) is 0.376. The SMILES string of the molecule is O=C1N=C(N2CCN(c3cccc(C(F)(F)F)c3)CC2)SC1=Cc1ccc(-c2ccc(Cl)cc2)o1. The van der Waals surface area contributed by atoms with Gasteiger partial charge in [0.15, 0.2) is 5.17 Å². The molecule has 2 aliphatic rings. The first-order chi connectivity index (χ1) is 16.8. The number of halogens is 4. The van der Waals surface area contributed by atoms with E-state index in [4.69, 9.17) is 16.0 Å². The van der Waals surface area contributed by atoms with Crippen LogP contribution < -0.4 is 4.90 Å². The van der Waals surface area contributed by atoms with Crippen LogP contribution in [0.25, 0.3) is 17.4 Å². The number of anilines is 1. The molecule has 1 saturated heterocycles. The van der Waals surface area contributed by atoms with Gasteiger partial charge >= 0.3 is 6.18 Å². The molecule has 3 aromatic rings. The fourth-order valence-corrected chi connectivity index (χ4v) is 4.97. The normalized spacial score (nSPS) is 17.9. The highest BCUT2D eigenvalue weighted by atomic mass is 35.5. The molecule has 2 aromatic carbocycles. The van der Waals surface area contributed by atoms with Crippen LogP contribution >= 0.6 is 23.4 Å². The van der Waals surface area contributed by atoms with E-state index in [1.807, 2.05) is 28.0 Å². The molecule has 3 heterocycles. The Labute approximate surface area is 208 Å². The minimum Gasteiger partial charge on any atom is -0.457 e. The summed E-state index contributed by atoms with van der Waals surface area (Å²) in [4.78, 5) is 21.0. The smallest absolute Gasteiger partial charge is 0.416 e. The van der Waals surface area contributed by atoms with Gasteiger partial charge in [-0.25, -0.2) is 0 Å². The molecule has 0 atom stereocenters. The summed E-state index contributed by atoms with van der Waals surface area (Å²) in [7, 11) is 0. The topological polar surface area (TPSA) is 49.1 Å². The molecule has 1 fully saturated rings. The third-order valence-electron chi connectivity index (χ3n) is 5.73. The maximum absolute atomic E-state index is 13.0. The summed E-state index contributed by atoms with van der Waals surface area (Å²) in [5.74, 6) is 0.863. The fraction of sp³-hybridized carbons (Fsp3) is 0.200. The van der Waals surface area contributed by atoms with Crippen molar-refractivity contribution in [2.75, 3.05) is 31.1 Å². The first kappa shape index (κ1) is 23.6. The van der Waals surface area contributed by atoms with Crippen molar-refractivity contribution < 1.29 is 22.4 Å². The third-order valence-corrected chi connectivity index (χ3v) is 7.02. The van der Waals surface area contributed by atoms with Crippen molar-refractivity contribution in [1.29, 1.82) is 0 Å². The van der Waals surface area contributed by atoms with Gasteiger partial charge in [-0.3, -0.25) is 4.79 Å². The van der Waals surface area contributed by atoms with Gasteiger partial charge < -0.3 is 14.2 Å². The van der Waals surface area contributed by atoms with Crippen LogP contribution in [0.1, 0.15) is 11.3 Å². The highest BCUT2D eigenvalue weighted by molar-refractivity contribution is 8.18. The van der Waals surface area contributed by atoms with E-state index in [1.54, 1.807) is 30.3 Å². The second-order valence-electron chi connectivity index (χ2n) is 8.04. The van der Waals surface area contributed by atoms with Crippen molar-refractivity contribution in [3.63, 3.8) is 0 Å². The number of thioether (sulfide) groups is 1. The number of piperazine rings is 1. The van der Waals surface area contributed by atoms with E-state index in [9.17, 15) is 18.0 Å². The molecule has 0 radical (unpaired) electrons. The van der Waals surface area contributed by atoms with Gasteiger partial charge in [-0.1, -0.05) is 17.7 Å². The van der Waals surface area contributed by atoms with E-state index in [2.05, 4.69) is 4.99 Å². The summed E-state index contributed by atoms with van der Waals surface area (Å²) in [6.07, 6.45) is -2.71. The molecule has 1 amide bonds. The molecule has 0 bridgehead atoms. The molecular weight excluding hydrogens is 499 g/mol. The van der Waals surface area contributed by atoms with Crippen LogP contribution in [0.2, 0.25) is 5.02 Å². The van der Waals surface area contributed by atoms with Crippen molar-refractivity contribution in [3.05, 3.63) is 81.9 Å². The van der Waals surface area contributed by atoms with Gasteiger partial charge in [-0.05, 0) is 66.4 Å². The molecule has 5 rings (SSSR count). The van der Waals surface area contributed by atoms with Gasteiger partial charge in [-0.15, -0.1) is 0 Å². The Kier molecular flexibility index (Phi) is 6.37. The zero-order valence-corrected chi connectivity index (χ0v) is 19.8. The average molecular weight is 518 g/mol. The number of furan rings is 1. The van der Waals surface area contributed by atoms with Crippen LogP contribution in [0.15, 0.2) is 75.0 Å². The summed E-state index contributed by atoms with van der Waals surface area (Å²) in [6, 6.07) is 16.2. The Morgan fingerprint density at radius 2 is 1.69 bits per heavy atom. The first-order valence-corrected chi connectivity index (χ1v) is 12.0. The molecule has 0 saturated carbocycles. The molecule has 180 valence electrons. The van der Waals surface area contributed by atoms with Crippen molar-refractivity contribution in [1.82, 2.24) is 4.90 Å². The van der Waals surface area contributed by atoms with Crippen LogP contribution in [0.5, 0.6) is 0 Å². The Morgan fingerprint density at radius 1 is 0.971 bits per heavy atom. The average Bonchev–Trinajstić information content (AvgIpc) is 3.46. The second-order valence-corrected chi connectivity index (χ2v) is 9.49. The predicted octanol–water partition coefficient (Wildman–Crippen LogP) is 6.41. The molecule has 1 aromatic heterocycles. The van der Waals surface area contributed by atoms with Crippen LogP contribution in [-0.4, -0.2) is 42.2 Å². The highest BCUT2D eigenvalue weighted by Crippen LogP contribution is 2.34. The van der Waals surface area contributed by atoms with E-state index < -0.39 is 11.7 Å². The minimum absolute atomic E-state index is 0.338. The van der Waals surface area contributed by atoms with Gasteiger partial charge in [0.2, 0.25) is 0 Å². The summed E-state index contributed by atoms with van der Waals surface area (Å²) in [5, 5.41) is 1.23. The number of carbonyl (C=O) groups is 1. The lowest BCUT2D eigenvalue weighted by Gasteiger charge is -2.36. The van der Waals surface area contributed by atoms with Gasteiger partial charge in [0.05, 0.1) is 10.5 Å². The Balaban J connectivity index is 1.22. The van der Waals surface area contributed by atoms with Crippen molar-refractivity contribution in [2.45, 2.75) is 6.18 Å². The maximum Gasteiger partial charge on any atom is 0.416 e. The Morgan fingerprint density at radius 3 is 2.40 bits per heavy atom. The monoisotopic (exact) mass is 517 g/mol. The first-order valence-electron chi connectivity index (χ1n) is 10.8. The molecule has 0 N–H and O–H groups in total. The molecule has 10 heteroatoms. The number of hydrogen-bond acceptors (Lipinski definition) is 5. The molecule has 0 spiro atoms. The third kappa shape index (κ3) is 5.26. The molecule has 35 heavy (non-hydrogen) atoms. The zero-order chi connectivity index (χ0) is 24.6. The lowest BCUT2D eigenvalue weighted by Crippen LogP contribution is -2.47. The Bertz CT molecular complexity index is 1310. The molecule has 5 nitrogen and oxygen atoms in total. The number of hydrogen-bond donors (Lipinski definition) is 0. The van der Waals surface area contributed by atoms with E-state index in [-0.39, 0.29) is 5.91 Å². The number of aliphatic imine (C=N–C) groups is 1. The van der Waals surface area contributed by atoms with E-state index in [1.165, 1.54) is 23.9 Å². The van der Waals surface area contributed by atoms with Gasteiger partial charge in [0, 0.05) is 48.5 Å². The number of carbonyl (C=O) groups excluding carboxylic acids is 1. The van der Waals surface area contributed by atoms with Gasteiger partial charge in [0.25, 0.3) is 5.91 Å². The van der Waals surface area contributed by atoms with Crippen LogP contribution in [-0.2, 0) is 11.0 Å². The standard InChI is InChI=1S/C25H19ClF3N3O2S/c26-18-6-4-16(5-7-18)21-9-8-20(34-21)15-22-23(33)30-24(35-22)32-12-10-31(11-13-32)19-3-1-2-17(14-19)25(27,28)29/h1-9,14-15H,10-13H2. The molecule has 2 aliphatic heterocycles. The molecule has 0 unspecified atom stereocenters. The summed E-state index contributed by atoms with van der Waals surface area (Å²) >= 11 is 7.21. The van der Waals surface area contributed by atoms with Gasteiger partial charge in [0.1, 0.15) is 11.5 Å². The number of nitrogens with zero attached hydrogens (tertiary/aromatic N) is 3. The predicted molar refractivity (Wildman–Crippen MR) is 132 cm³/mol. The van der Waals surface area contributed by atoms with E-state index in [0.29, 0.717) is 58.5 Å². The highest BCUT2D eigenvalue weighted by Gasteiger charge is 2.32.